The van der Waals surface area contributed by atoms with Gasteiger partial charge in [-0.2, -0.15) is 10.2 Å². The topological polar surface area (TPSA) is 59.3 Å². The van der Waals surface area contributed by atoms with Gasteiger partial charge in [0.1, 0.15) is 4.83 Å². The van der Waals surface area contributed by atoms with Gasteiger partial charge in [0.05, 0.1) is 16.3 Å². The van der Waals surface area contributed by atoms with E-state index >= 15 is 0 Å². The van der Waals surface area contributed by atoms with Crippen molar-refractivity contribution in [1.82, 2.24) is 15.2 Å². The molecule has 1 unspecified atom stereocenters. The highest BCUT2D eigenvalue weighted by atomic mass is 32.1. The van der Waals surface area contributed by atoms with E-state index in [0.29, 0.717) is 10.8 Å². The molecule has 0 aliphatic heterocycles. The number of carbonyl (C=O) groups is 1. The van der Waals surface area contributed by atoms with E-state index in [1.165, 1.54) is 17.8 Å². The fourth-order valence-corrected chi connectivity index (χ4v) is 4.52. The third-order valence-corrected chi connectivity index (χ3v) is 5.94. The lowest BCUT2D eigenvalue weighted by molar-refractivity contribution is 0.0958. The van der Waals surface area contributed by atoms with E-state index in [1.54, 1.807) is 0 Å². The highest BCUT2D eigenvalue weighted by Gasteiger charge is 2.18. The van der Waals surface area contributed by atoms with Crippen molar-refractivity contribution in [1.29, 1.82) is 0 Å². The number of hydrogen-bond acceptors (Lipinski definition) is 4. The third-order valence-electron chi connectivity index (χ3n) is 4.83. The zero-order valence-corrected chi connectivity index (χ0v) is 15.8. The fourth-order valence-electron chi connectivity index (χ4n) is 3.45. The van der Waals surface area contributed by atoms with Gasteiger partial charge in [-0.25, -0.2) is 10.1 Å². The number of benzene rings is 1. The first-order chi connectivity index (χ1) is 12.6. The molecule has 1 aromatic carbocycles. The summed E-state index contributed by atoms with van der Waals surface area (Å²) in [5, 5.41) is 10.0. The van der Waals surface area contributed by atoms with Crippen molar-refractivity contribution in [3.05, 3.63) is 47.0 Å². The fraction of sp³-hybridized carbons (Fsp3) is 0.350. The molecule has 5 nitrogen and oxygen atoms in total. The number of amides is 1. The first kappa shape index (κ1) is 17.0. The van der Waals surface area contributed by atoms with Crippen molar-refractivity contribution in [3.63, 3.8) is 0 Å². The van der Waals surface area contributed by atoms with Crippen molar-refractivity contribution in [2.45, 2.75) is 39.5 Å². The number of para-hydroxylation sites is 1. The molecule has 0 saturated heterocycles. The Kier molecular flexibility index (Phi) is 4.59. The second kappa shape index (κ2) is 7.03. The smallest absolute Gasteiger partial charge is 0.266 e. The summed E-state index contributed by atoms with van der Waals surface area (Å²) in [7, 11) is 0. The molecule has 26 heavy (non-hydrogen) atoms. The normalized spacial score (nSPS) is 19.2. The predicted molar refractivity (Wildman–Crippen MR) is 106 cm³/mol. The van der Waals surface area contributed by atoms with Crippen LogP contribution in [-0.4, -0.2) is 21.4 Å². The van der Waals surface area contributed by atoms with Gasteiger partial charge in [-0.3, -0.25) is 4.79 Å². The van der Waals surface area contributed by atoms with Crippen LogP contribution < -0.4 is 5.43 Å². The largest absolute Gasteiger partial charge is 0.281 e. The average Bonchev–Trinajstić information content (AvgIpc) is 3.21. The number of fused-ring (bicyclic) bond motifs is 1. The Morgan fingerprint density at radius 3 is 2.92 bits per heavy atom. The molecule has 2 heterocycles. The molecule has 0 radical (unpaired) electrons. The summed E-state index contributed by atoms with van der Waals surface area (Å²) < 4.78 is 1.90. The summed E-state index contributed by atoms with van der Waals surface area (Å²) in [5.74, 6) is 0.513. The molecule has 4 rings (SSSR count). The highest BCUT2D eigenvalue weighted by molar-refractivity contribution is 7.20. The van der Waals surface area contributed by atoms with Crippen LogP contribution in [0.3, 0.4) is 0 Å². The van der Waals surface area contributed by atoms with Crippen LogP contribution in [0.1, 0.15) is 48.0 Å². The van der Waals surface area contributed by atoms with Gasteiger partial charge in [-0.1, -0.05) is 25.1 Å². The minimum atomic E-state index is -0.143. The van der Waals surface area contributed by atoms with Crippen molar-refractivity contribution >= 4 is 33.2 Å². The number of nitrogens with zero attached hydrogens (tertiary/aromatic N) is 3. The lowest BCUT2D eigenvalue weighted by atomic mass is 9.89. The van der Waals surface area contributed by atoms with Crippen LogP contribution in [0.25, 0.3) is 15.9 Å². The highest BCUT2D eigenvalue weighted by Crippen LogP contribution is 2.30. The minimum absolute atomic E-state index is 0.143. The third kappa shape index (κ3) is 3.29. The standard InChI is InChI=1S/C20H22N4OS/c1-13-7-6-8-15(11-13)21-22-19(25)18-12-17-14(2)23-24(20(17)26-18)16-9-4-3-5-10-16/h3-5,9-10,12-13H,6-8,11H2,1-2H3,(H,22,25). The lowest BCUT2D eigenvalue weighted by Gasteiger charge is -2.18. The number of rotatable bonds is 3. The Labute approximate surface area is 156 Å². The Hall–Kier alpha value is -2.47. The second-order valence-electron chi connectivity index (χ2n) is 6.98. The molecule has 1 aliphatic rings. The van der Waals surface area contributed by atoms with Crippen LogP contribution in [0.2, 0.25) is 0 Å². The SMILES string of the molecule is Cc1nn(-c2ccccc2)c2sc(C(=O)NN=C3CCCC(C)C3)cc12. The van der Waals surface area contributed by atoms with Gasteiger partial charge < -0.3 is 0 Å². The van der Waals surface area contributed by atoms with E-state index in [0.717, 1.165) is 46.6 Å². The van der Waals surface area contributed by atoms with Gasteiger partial charge in [0.2, 0.25) is 0 Å². The van der Waals surface area contributed by atoms with Gasteiger partial charge >= 0.3 is 0 Å². The molecule has 2 aromatic heterocycles. The van der Waals surface area contributed by atoms with E-state index in [-0.39, 0.29) is 5.91 Å². The van der Waals surface area contributed by atoms with E-state index in [4.69, 9.17) is 0 Å². The quantitative estimate of drug-likeness (QED) is 0.684. The molecule has 1 aliphatic carbocycles. The molecule has 1 saturated carbocycles. The van der Waals surface area contributed by atoms with Crippen LogP contribution >= 0.6 is 11.3 Å². The zero-order valence-electron chi connectivity index (χ0n) is 15.0. The summed E-state index contributed by atoms with van der Waals surface area (Å²) in [6.07, 6.45) is 4.37. The predicted octanol–water partition coefficient (Wildman–Crippen LogP) is 4.69. The summed E-state index contributed by atoms with van der Waals surface area (Å²) in [5.41, 5.74) is 5.77. The van der Waals surface area contributed by atoms with Crippen molar-refractivity contribution < 1.29 is 4.79 Å². The number of aryl methyl sites for hydroxylation is 1. The average molecular weight is 366 g/mol. The second-order valence-corrected chi connectivity index (χ2v) is 8.01. The van der Waals surface area contributed by atoms with Crippen molar-refractivity contribution in [2.24, 2.45) is 11.0 Å². The number of carbonyl (C=O) groups excluding carboxylic acids is 1. The maximum absolute atomic E-state index is 12.6. The van der Waals surface area contributed by atoms with Gasteiger partial charge in [0, 0.05) is 11.1 Å². The minimum Gasteiger partial charge on any atom is -0.266 e. The number of hydrazone groups is 1. The molecule has 0 spiro atoms. The van der Waals surface area contributed by atoms with Crippen LogP contribution in [0.4, 0.5) is 0 Å². The summed E-state index contributed by atoms with van der Waals surface area (Å²) in [6, 6.07) is 11.9. The van der Waals surface area contributed by atoms with Gasteiger partial charge in [0.25, 0.3) is 5.91 Å². The monoisotopic (exact) mass is 366 g/mol. The van der Waals surface area contributed by atoms with Gasteiger partial charge in [-0.05, 0) is 56.7 Å². The molecule has 0 bridgehead atoms. The van der Waals surface area contributed by atoms with E-state index in [1.807, 2.05) is 48.0 Å². The van der Waals surface area contributed by atoms with Crippen LogP contribution in [-0.2, 0) is 0 Å². The number of aromatic nitrogens is 2. The number of hydrogen-bond donors (Lipinski definition) is 1. The van der Waals surface area contributed by atoms with E-state index in [9.17, 15) is 4.79 Å². The lowest BCUT2D eigenvalue weighted by Crippen LogP contribution is -2.21. The van der Waals surface area contributed by atoms with Gasteiger partial charge in [0.15, 0.2) is 0 Å². The van der Waals surface area contributed by atoms with Crippen LogP contribution in [0.5, 0.6) is 0 Å². The van der Waals surface area contributed by atoms with E-state index in [2.05, 4.69) is 22.5 Å². The number of nitrogens with one attached hydrogen (secondary N) is 1. The molecule has 1 atom stereocenters. The zero-order chi connectivity index (χ0) is 18.1. The molecule has 1 amide bonds. The van der Waals surface area contributed by atoms with Crippen LogP contribution in [0, 0.1) is 12.8 Å². The molecule has 134 valence electrons. The summed E-state index contributed by atoms with van der Waals surface area (Å²) >= 11 is 1.45. The number of thiophene rings is 1. The molecule has 1 N–H and O–H groups in total. The molecular weight excluding hydrogens is 344 g/mol. The Morgan fingerprint density at radius 2 is 2.15 bits per heavy atom. The molecule has 3 aromatic rings. The van der Waals surface area contributed by atoms with Gasteiger partial charge in [-0.15, -0.1) is 11.3 Å². The van der Waals surface area contributed by atoms with Crippen molar-refractivity contribution in [2.75, 3.05) is 0 Å². The van der Waals surface area contributed by atoms with E-state index < -0.39 is 0 Å². The Balaban J connectivity index is 1.59. The molecule has 6 heteroatoms. The summed E-state index contributed by atoms with van der Waals surface area (Å²) in [6.45, 7) is 4.21. The maximum Gasteiger partial charge on any atom is 0.281 e. The van der Waals surface area contributed by atoms with Crippen molar-refractivity contribution in [3.8, 4) is 5.69 Å². The first-order valence-corrected chi connectivity index (χ1v) is 9.84. The molecule has 1 fully saturated rings. The Morgan fingerprint density at radius 1 is 1.35 bits per heavy atom. The maximum atomic E-state index is 12.6. The molecular formula is C20H22N4OS. The first-order valence-electron chi connectivity index (χ1n) is 9.02. The summed E-state index contributed by atoms with van der Waals surface area (Å²) in [4.78, 5) is 14.2. The van der Waals surface area contributed by atoms with Crippen LogP contribution in [0.15, 0.2) is 41.5 Å². The Bertz CT molecular complexity index is 971.